The summed E-state index contributed by atoms with van der Waals surface area (Å²) in [6.07, 6.45) is 0.869. The summed E-state index contributed by atoms with van der Waals surface area (Å²) in [5.74, 6) is -0.102. The minimum absolute atomic E-state index is 0.102. The molecule has 0 aliphatic rings. The lowest BCUT2D eigenvalue weighted by Crippen LogP contribution is -2.41. The predicted molar refractivity (Wildman–Crippen MR) is 52.4 cm³/mol. The molecule has 0 bridgehead atoms. The molecule has 0 saturated heterocycles. The van der Waals surface area contributed by atoms with Crippen LogP contribution in [0.2, 0.25) is 0 Å². The molecule has 0 aromatic rings. The zero-order valence-corrected chi connectivity index (χ0v) is 8.67. The van der Waals surface area contributed by atoms with Crippen LogP contribution in [0.3, 0.4) is 0 Å². The van der Waals surface area contributed by atoms with Crippen LogP contribution in [0.5, 0.6) is 0 Å². The Morgan fingerprint density at radius 3 is 2.62 bits per heavy atom. The summed E-state index contributed by atoms with van der Waals surface area (Å²) in [6, 6.07) is -0.390. The summed E-state index contributed by atoms with van der Waals surface area (Å²) in [7, 11) is 0. The number of carbonyl (C=O) groups excluding carboxylic acids is 1. The van der Waals surface area contributed by atoms with E-state index in [1.54, 1.807) is 0 Å². The average Bonchev–Trinajstić information content (AvgIpc) is 2.10. The van der Waals surface area contributed by atoms with Gasteiger partial charge in [-0.2, -0.15) is 0 Å². The van der Waals surface area contributed by atoms with Gasteiger partial charge in [0.1, 0.15) is 0 Å². The van der Waals surface area contributed by atoms with Gasteiger partial charge in [-0.3, -0.25) is 4.79 Å². The summed E-state index contributed by atoms with van der Waals surface area (Å²) in [5, 5.41) is 2.70. The molecule has 0 radical (unpaired) electrons. The molecule has 0 spiro atoms. The molecular formula is C9H20N2O2. The number of rotatable bonds is 6. The third kappa shape index (κ3) is 6.54. The van der Waals surface area contributed by atoms with Gasteiger partial charge in [0.25, 0.3) is 0 Å². The van der Waals surface area contributed by atoms with Crippen LogP contribution in [-0.2, 0) is 9.53 Å². The van der Waals surface area contributed by atoms with E-state index in [-0.39, 0.29) is 18.1 Å². The molecule has 0 unspecified atom stereocenters. The molecule has 1 atom stereocenters. The maximum absolute atomic E-state index is 11.1. The summed E-state index contributed by atoms with van der Waals surface area (Å²) in [4.78, 5) is 11.1. The van der Waals surface area contributed by atoms with E-state index in [1.165, 1.54) is 0 Å². The van der Waals surface area contributed by atoms with E-state index in [0.29, 0.717) is 19.6 Å². The SMILES string of the molecule is CC[C@H](N)C(=O)NCCOC(C)C. The van der Waals surface area contributed by atoms with Crippen LogP contribution in [-0.4, -0.2) is 31.2 Å². The largest absolute Gasteiger partial charge is 0.377 e. The standard InChI is InChI=1S/C9H20N2O2/c1-4-8(10)9(12)11-5-6-13-7(2)3/h7-8H,4-6,10H2,1-3H3,(H,11,12)/t8-/m0/s1. The molecule has 4 nitrogen and oxygen atoms in total. The van der Waals surface area contributed by atoms with Crippen LogP contribution in [0.25, 0.3) is 0 Å². The molecule has 0 aliphatic carbocycles. The van der Waals surface area contributed by atoms with Gasteiger partial charge in [-0.05, 0) is 20.3 Å². The maximum Gasteiger partial charge on any atom is 0.236 e. The topological polar surface area (TPSA) is 64.4 Å². The van der Waals surface area contributed by atoms with Crippen molar-refractivity contribution in [3.05, 3.63) is 0 Å². The number of hydrogen-bond acceptors (Lipinski definition) is 3. The van der Waals surface area contributed by atoms with Gasteiger partial charge in [-0.1, -0.05) is 6.92 Å². The van der Waals surface area contributed by atoms with Gasteiger partial charge in [0.05, 0.1) is 18.8 Å². The van der Waals surface area contributed by atoms with Crippen LogP contribution in [0.4, 0.5) is 0 Å². The van der Waals surface area contributed by atoms with E-state index in [4.69, 9.17) is 10.5 Å². The van der Waals surface area contributed by atoms with E-state index in [2.05, 4.69) is 5.32 Å². The Morgan fingerprint density at radius 2 is 2.15 bits per heavy atom. The molecule has 0 aromatic carbocycles. The second kappa shape index (κ2) is 6.86. The van der Waals surface area contributed by atoms with Gasteiger partial charge in [0.2, 0.25) is 5.91 Å². The van der Waals surface area contributed by atoms with Crippen LogP contribution < -0.4 is 11.1 Å². The van der Waals surface area contributed by atoms with Gasteiger partial charge in [0, 0.05) is 6.54 Å². The van der Waals surface area contributed by atoms with Gasteiger partial charge in [-0.25, -0.2) is 0 Å². The van der Waals surface area contributed by atoms with Crippen molar-refractivity contribution in [1.82, 2.24) is 5.32 Å². The van der Waals surface area contributed by atoms with Gasteiger partial charge >= 0.3 is 0 Å². The zero-order valence-electron chi connectivity index (χ0n) is 8.67. The first-order valence-corrected chi connectivity index (χ1v) is 4.72. The Morgan fingerprint density at radius 1 is 1.54 bits per heavy atom. The molecule has 0 aliphatic heterocycles. The number of amides is 1. The highest BCUT2D eigenvalue weighted by molar-refractivity contribution is 5.81. The van der Waals surface area contributed by atoms with Crippen molar-refractivity contribution >= 4 is 5.91 Å². The molecule has 0 saturated carbocycles. The van der Waals surface area contributed by atoms with Gasteiger partial charge in [-0.15, -0.1) is 0 Å². The predicted octanol–water partition coefficient (Wildman–Crippen LogP) is 0.265. The van der Waals surface area contributed by atoms with E-state index < -0.39 is 0 Å². The lowest BCUT2D eigenvalue weighted by atomic mass is 10.2. The zero-order chi connectivity index (χ0) is 10.3. The highest BCUT2D eigenvalue weighted by Gasteiger charge is 2.09. The maximum atomic E-state index is 11.1. The van der Waals surface area contributed by atoms with Crippen molar-refractivity contribution in [2.75, 3.05) is 13.2 Å². The van der Waals surface area contributed by atoms with E-state index in [1.807, 2.05) is 20.8 Å². The molecule has 0 rings (SSSR count). The molecule has 0 fully saturated rings. The molecule has 0 heterocycles. The first kappa shape index (κ1) is 12.4. The van der Waals surface area contributed by atoms with Crippen LogP contribution in [0.1, 0.15) is 27.2 Å². The average molecular weight is 188 g/mol. The third-order valence-corrected chi connectivity index (χ3v) is 1.63. The number of nitrogens with one attached hydrogen (secondary N) is 1. The van der Waals surface area contributed by atoms with Crippen LogP contribution in [0.15, 0.2) is 0 Å². The van der Waals surface area contributed by atoms with Crippen molar-refractivity contribution in [1.29, 1.82) is 0 Å². The summed E-state index contributed by atoms with van der Waals surface area (Å²) < 4.78 is 5.25. The van der Waals surface area contributed by atoms with E-state index in [9.17, 15) is 4.79 Å². The highest BCUT2D eigenvalue weighted by Crippen LogP contribution is 1.87. The van der Waals surface area contributed by atoms with Crippen molar-refractivity contribution < 1.29 is 9.53 Å². The molecule has 13 heavy (non-hydrogen) atoms. The molecule has 4 heteroatoms. The second-order valence-electron chi connectivity index (χ2n) is 3.23. The Labute approximate surface area is 79.8 Å². The fourth-order valence-corrected chi connectivity index (χ4v) is 0.785. The molecule has 78 valence electrons. The molecule has 0 aromatic heterocycles. The van der Waals surface area contributed by atoms with Crippen molar-refractivity contribution in [2.45, 2.75) is 39.3 Å². The fourth-order valence-electron chi connectivity index (χ4n) is 0.785. The number of ether oxygens (including phenoxy) is 1. The summed E-state index contributed by atoms with van der Waals surface area (Å²) in [6.45, 7) is 6.87. The molecular weight excluding hydrogens is 168 g/mol. The number of hydrogen-bond donors (Lipinski definition) is 2. The normalized spacial score (nSPS) is 13.0. The monoisotopic (exact) mass is 188 g/mol. The van der Waals surface area contributed by atoms with Gasteiger partial charge in [0.15, 0.2) is 0 Å². The van der Waals surface area contributed by atoms with Crippen molar-refractivity contribution in [3.8, 4) is 0 Å². The molecule has 1 amide bonds. The highest BCUT2D eigenvalue weighted by atomic mass is 16.5. The van der Waals surface area contributed by atoms with Crippen molar-refractivity contribution in [2.24, 2.45) is 5.73 Å². The molecule has 3 N–H and O–H groups in total. The Bertz CT molecular complexity index is 149. The van der Waals surface area contributed by atoms with E-state index in [0.717, 1.165) is 0 Å². The lowest BCUT2D eigenvalue weighted by Gasteiger charge is -2.11. The summed E-state index contributed by atoms with van der Waals surface area (Å²) in [5.41, 5.74) is 5.51. The Hall–Kier alpha value is -0.610. The van der Waals surface area contributed by atoms with Crippen molar-refractivity contribution in [3.63, 3.8) is 0 Å². The summed E-state index contributed by atoms with van der Waals surface area (Å²) >= 11 is 0. The smallest absolute Gasteiger partial charge is 0.236 e. The Kier molecular flexibility index (Phi) is 6.54. The van der Waals surface area contributed by atoms with Gasteiger partial charge < -0.3 is 15.8 Å². The minimum atomic E-state index is -0.390. The first-order chi connectivity index (χ1) is 6.07. The Balaban J connectivity index is 3.37. The fraction of sp³-hybridized carbons (Fsp3) is 0.889. The lowest BCUT2D eigenvalue weighted by molar-refractivity contribution is -0.122. The van der Waals surface area contributed by atoms with E-state index >= 15 is 0 Å². The minimum Gasteiger partial charge on any atom is -0.377 e. The third-order valence-electron chi connectivity index (χ3n) is 1.63. The quantitative estimate of drug-likeness (QED) is 0.588. The first-order valence-electron chi connectivity index (χ1n) is 4.72. The number of nitrogens with two attached hydrogens (primary N) is 1. The second-order valence-corrected chi connectivity index (χ2v) is 3.23. The number of carbonyl (C=O) groups is 1. The van der Waals surface area contributed by atoms with Crippen LogP contribution >= 0.6 is 0 Å². The van der Waals surface area contributed by atoms with Crippen LogP contribution in [0, 0.1) is 0 Å².